The maximum absolute atomic E-state index is 12.9. The Bertz CT molecular complexity index is 1120. The molecule has 32 heavy (non-hydrogen) atoms. The number of nitrogens with one attached hydrogen (secondary N) is 2. The quantitative estimate of drug-likeness (QED) is 0.371. The molecular formula is C23H21N3O6. The topological polar surface area (TPSA) is 149 Å². The molecule has 1 aromatic heterocycles. The number of nitrogens with zero attached hydrogens (tertiary/aromatic N) is 1. The molecule has 2 aromatic carbocycles. The van der Waals surface area contributed by atoms with Crippen LogP contribution in [0.1, 0.15) is 44.4 Å². The number of ketones is 1. The number of Topliss-reactive ketones (excluding diaryl/α,β-unsaturated/α-hetero) is 1. The van der Waals surface area contributed by atoms with Gasteiger partial charge in [0.15, 0.2) is 17.7 Å². The van der Waals surface area contributed by atoms with Crippen LogP contribution in [0, 0.1) is 0 Å². The molecule has 1 amide bonds. The maximum Gasteiger partial charge on any atom is 0.334 e. The zero-order valence-corrected chi connectivity index (χ0v) is 16.9. The van der Waals surface area contributed by atoms with E-state index < -0.39 is 41.7 Å². The molecule has 9 nitrogen and oxygen atoms in total. The Kier molecular flexibility index (Phi) is 7.25. The summed E-state index contributed by atoms with van der Waals surface area (Å²) in [6, 6.07) is 18.9. The molecular weight excluding hydrogens is 414 g/mol. The van der Waals surface area contributed by atoms with Gasteiger partial charge >= 0.3 is 5.97 Å². The van der Waals surface area contributed by atoms with Crippen LogP contribution in [0.4, 0.5) is 0 Å². The summed E-state index contributed by atoms with van der Waals surface area (Å²) < 4.78 is 0. The van der Waals surface area contributed by atoms with Crippen LogP contribution in [0.3, 0.4) is 0 Å². The summed E-state index contributed by atoms with van der Waals surface area (Å²) in [4.78, 5) is 54.1. The number of hydrogen-bond donors (Lipinski definition) is 4. The van der Waals surface area contributed by atoms with Crippen molar-refractivity contribution in [1.29, 1.82) is 0 Å². The summed E-state index contributed by atoms with van der Waals surface area (Å²) in [6.07, 6.45) is -0.745. The minimum Gasteiger partial charge on any atom is -0.479 e. The van der Waals surface area contributed by atoms with E-state index in [1.165, 1.54) is 0 Å². The van der Waals surface area contributed by atoms with Gasteiger partial charge in [-0.15, -0.1) is 0 Å². The summed E-state index contributed by atoms with van der Waals surface area (Å²) in [5.74, 6) is -3.49. The van der Waals surface area contributed by atoms with E-state index in [1.54, 1.807) is 0 Å². The average Bonchev–Trinajstić information content (AvgIpc) is 2.81. The van der Waals surface area contributed by atoms with Crippen LogP contribution >= 0.6 is 0 Å². The Balaban J connectivity index is 1.78. The van der Waals surface area contributed by atoms with Gasteiger partial charge in [0.1, 0.15) is 5.56 Å². The van der Waals surface area contributed by atoms with E-state index in [2.05, 4.69) is 15.3 Å². The molecule has 1 heterocycles. The fraction of sp³-hybridized carbons (Fsp3) is 0.174. The smallest absolute Gasteiger partial charge is 0.334 e. The van der Waals surface area contributed by atoms with Crippen molar-refractivity contribution in [2.24, 2.45) is 0 Å². The number of H-pyrrole nitrogens is 1. The number of rotatable bonds is 9. The van der Waals surface area contributed by atoms with Crippen LogP contribution in [-0.2, 0) is 4.79 Å². The second-order valence-corrected chi connectivity index (χ2v) is 7.04. The molecule has 1 atom stereocenters. The van der Waals surface area contributed by atoms with E-state index in [9.17, 15) is 24.3 Å². The third kappa shape index (κ3) is 5.52. The summed E-state index contributed by atoms with van der Waals surface area (Å²) in [5, 5.41) is 20.0. The van der Waals surface area contributed by atoms with Crippen LogP contribution in [-0.4, -0.2) is 50.5 Å². The van der Waals surface area contributed by atoms with Crippen molar-refractivity contribution < 1.29 is 24.6 Å². The molecule has 3 rings (SSSR count). The van der Waals surface area contributed by atoms with Crippen molar-refractivity contribution in [3.8, 4) is 0 Å². The number of hydrogen-bond acceptors (Lipinski definition) is 6. The monoisotopic (exact) mass is 435 g/mol. The first-order chi connectivity index (χ1) is 15.4. The lowest BCUT2D eigenvalue weighted by Gasteiger charge is -2.17. The van der Waals surface area contributed by atoms with Gasteiger partial charge in [0.05, 0.1) is 6.54 Å². The summed E-state index contributed by atoms with van der Waals surface area (Å²) in [5.41, 5.74) is 0.867. The lowest BCUT2D eigenvalue weighted by molar-refractivity contribution is -0.146. The van der Waals surface area contributed by atoms with Crippen molar-refractivity contribution in [2.45, 2.75) is 18.4 Å². The Labute approximate surface area is 182 Å². The summed E-state index contributed by atoms with van der Waals surface area (Å²) in [6.45, 7) is -0.561. The van der Waals surface area contributed by atoms with Gasteiger partial charge < -0.3 is 20.5 Å². The lowest BCUT2D eigenvalue weighted by atomic mass is 9.86. The zero-order chi connectivity index (χ0) is 23.1. The van der Waals surface area contributed by atoms with Gasteiger partial charge in [-0.3, -0.25) is 14.4 Å². The van der Waals surface area contributed by atoms with E-state index in [1.807, 2.05) is 60.7 Å². The largest absolute Gasteiger partial charge is 0.479 e. The van der Waals surface area contributed by atoms with Crippen LogP contribution in [0.25, 0.3) is 0 Å². The molecule has 0 aliphatic rings. The third-order valence-corrected chi connectivity index (χ3v) is 4.85. The Morgan fingerprint density at radius 3 is 2.03 bits per heavy atom. The van der Waals surface area contributed by atoms with E-state index >= 15 is 0 Å². The highest BCUT2D eigenvalue weighted by Gasteiger charge is 2.22. The molecule has 0 fully saturated rings. The number of carboxylic acids is 1. The Morgan fingerprint density at radius 1 is 0.969 bits per heavy atom. The number of carbonyl (C=O) groups excluding carboxylic acids is 2. The third-order valence-electron chi connectivity index (χ3n) is 4.85. The lowest BCUT2D eigenvalue weighted by Crippen LogP contribution is -2.38. The molecule has 0 aliphatic heterocycles. The minimum atomic E-state index is -1.79. The normalized spacial score (nSPS) is 11.7. The van der Waals surface area contributed by atoms with Crippen molar-refractivity contribution >= 4 is 17.7 Å². The molecule has 3 aromatic rings. The highest BCUT2D eigenvalue weighted by Crippen LogP contribution is 2.28. The number of carbonyl (C=O) groups is 3. The first kappa shape index (κ1) is 22.6. The van der Waals surface area contributed by atoms with Gasteiger partial charge in [0.2, 0.25) is 0 Å². The Hall–Kier alpha value is -4.11. The number of aliphatic hydroxyl groups excluding tert-OH is 1. The number of aliphatic hydroxyl groups is 1. The first-order valence-electron chi connectivity index (χ1n) is 9.78. The van der Waals surface area contributed by atoms with Crippen molar-refractivity contribution in [3.05, 3.63) is 99.7 Å². The molecule has 0 saturated carbocycles. The average molecular weight is 435 g/mol. The van der Waals surface area contributed by atoms with Gasteiger partial charge in [-0.2, -0.15) is 0 Å². The second-order valence-electron chi connectivity index (χ2n) is 7.04. The molecule has 1 unspecified atom stereocenters. The molecule has 0 saturated heterocycles. The van der Waals surface area contributed by atoms with Crippen molar-refractivity contribution in [2.75, 3.05) is 6.54 Å². The number of aliphatic carboxylic acids is 1. The summed E-state index contributed by atoms with van der Waals surface area (Å²) >= 11 is 0. The molecule has 9 heteroatoms. The number of amides is 1. The van der Waals surface area contributed by atoms with Gasteiger partial charge in [0.25, 0.3) is 11.5 Å². The second kappa shape index (κ2) is 10.3. The SMILES string of the molecule is O=C(NCC(O)C(=O)O)c1ncc(C(=O)CC(c2ccccc2)c2ccccc2)c(=O)[nH]1. The van der Waals surface area contributed by atoms with E-state index in [0.717, 1.165) is 17.3 Å². The van der Waals surface area contributed by atoms with Crippen LogP contribution < -0.4 is 10.9 Å². The summed E-state index contributed by atoms with van der Waals surface area (Å²) in [7, 11) is 0. The van der Waals surface area contributed by atoms with E-state index in [-0.39, 0.29) is 17.9 Å². The molecule has 0 bridgehead atoms. The van der Waals surface area contributed by atoms with Gasteiger partial charge in [0, 0.05) is 18.5 Å². The fourth-order valence-corrected chi connectivity index (χ4v) is 3.16. The highest BCUT2D eigenvalue weighted by atomic mass is 16.4. The first-order valence-corrected chi connectivity index (χ1v) is 9.78. The molecule has 0 radical (unpaired) electrons. The van der Waals surface area contributed by atoms with Gasteiger partial charge in [-0.1, -0.05) is 60.7 Å². The van der Waals surface area contributed by atoms with E-state index in [4.69, 9.17) is 5.11 Å². The fourth-order valence-electron chi connectivity index (χ4n) is 3.16. The molecule has 0 aliphatic carbocycles. The zero-order valence-electron chi connectivity index (χ0n) is 16.9. The molecule has 164 valence electrons. The number of aromatic nitrogens is 2. The predicted octanol–water partition coefficient (Wildman–Crippen LogP) is 1.35. The number of aromatic amines is 1. The van der Waals surface area contributed by atoms with Gasteiger partial charge in [-0.05, 0) is 11.1 Å². The maximum atomic E-state index is 12.9. The minimum absolute atomic E-state index is 0.0230. The van der Waals surface area contributed by atoms with Crippen molar-refractivity contribution in [3.63, 3.8) is 0 Å². The van der Waals surface area contributed by atoms with Crippen LogP contribution in [0.2, 0.25) is 0 Å². The highest BCUT2D eigenvalue weighted by molar-refractivity contribution is 5.97. The van der Waals surface area contributed by atoms with Gasteiger partial charge in [-0.25, -0.2) is 9.78 Å². The molecule has 0 spiro atoms. The van der Waals surface area contributed by atoms with Crippen LogP contribution in [0.5, 0.6) is 0 Å². The predicted molar refractivity (Wildman–Crippen MR) is 115 cm³/mol. The van der Waals surface area contributed by atoms with Crippen molar-refractivity contribution in [1.82, 2.24) is 15.3 Å². The van der Waals surface area contributed by atoms with E-state index in [0.29, 0.717) is 0 Å². The Morgan fingerprint density at radius 2 is 1.53 bits per heavy atom. The molecule has 4 N–H and O–H groups in total. The van der Waals surface area contributed by atoms with Crippen LogP contribution in [0.15, 0.2) is 71.7 Å². The number of benzene rings is 2. The standard InChI is InChI=1S/C23H21N3O6/c27-18(11-16(14-7-3-1-4-8-14)15-9-5-2-6-10-15)17-12-24-20(26-21(17)29)22(30)25-13-19(28)23(31)32/h1-10,12,16,19,28H,11,13H2,(H,25,30)(H,31,32)(H,24,26,29). The number of carboxylic acid groups (broad SMARTS) is 1.